The van der Waals surface area contributed by atoms with Gasteiger partial charge < -0.3 is 5.32 Å². The van der Waals surface area contributed by atoms with E-state index in [1.165, 1.54) is 5.56 Å². The molecule has 1 fully saturated rings. The summed E-state index contributed by atoms with van der Waals surface area (Å²) in [5.41, 5.74) is 2.17. The molecular formula is C14H13BrClN3. The average Bonchev–Trinajstić information content (AvgIpc) is 3.17. The molecule has 0 unspecified atom stereocenters. The minimum absolute atomic E-state index is 0.492. The Hall–Kier alpha value is -1.13. The molecule has 1 aliphatic rings. The summed E-state index contributed by atoms with van der Waals surface area (Å²) in [6.07, 6.45) is 2.33. The average molecular weight is 339 g/mol. The molecule has 0 spiro atoms. The van der Waals surface area contributed by atoms with E-state index in [2.05, 4.69) is 44.2 Å². The van der Waals surface area contributed by atoms with E-state index in [4.69, 9.17) is 11.6 Å². The fraction of sp³-hybridized carbons (Fsp3) is 0.286. The van der Waals surface area contributed by atoms with Gasteiger partial charge in [-0.15, -0.1) is 0 Å². The fourth-order valence-corrected chi connectivity index (χ4v) is 2.33. The Morgan fingerprint density at radius 1 is 1.26 bits per heavy atom. The third-order valence-electron chi connectivity index (χ3n) is 3.09. The zero-order valence-corrected chi connectivity index (χ0v) is 12.8. The molecule has 1 N–H and O–H groups in total. The molecule has 5 heteroatoms. The number of hydrogen-bond acceptors (Lipinski definition) is 3. The van der Waals surface area contributed by atoms with E-state index < -0.39 is 0 Å². The van der Waals surface area contributed by atoms with E-state index in [0.29, 0.717) is 11.1 Å². The van der Waals surface area contributed by atoms with Crippen LogP contribution in [0.5, 0.6) is 0 Å². The van der Waals surface area contributed by atoms with Crippen LogP contribution in [0.4, 0.5) is 11.5 Å². The first kappa shape index (κ1) is 12.9. The van der Waals surface area contributed by atoms with Gasteiger partial charge in [0.25, 0.3) is 0 Å². The number of anilines is 2. The number of hydrogen-bond donors (Lipinski definition) is 1. The molecule has 19 heavy (non-hydrogen) atoms. The van der Waals surface area contributed by atoms with E-state index in [1.54, 1.807) is 6.07 Å². The maximum Gasteiger partial charge on any atom is 0.135 e. The lowest BCUT2D eigenvalue weighted by molar-refractivity contribution is 0.931. The van der Waals surface area contributed by atoms with Crippen molar-refractivity contribution in [3.05, 3.63) is 45.3 Å². The van der Waals surface area contributed by atoms with Gasteiger partial charge in [-0.3, -0.25) is 0 Å². The van der Waals surface area contributed by atoms with Crippen molar-refractivity contribution in [3.63, 3.8) is 0 Å². The maximum absolute atomic E-state index is 6.05. The van der Waals surface area contributed by atoms with E-state index in [9.17, 15) is 0 Å². The van der Waals surface area contributed by atoms with Crippen LogP contribution in [-0.4, -0.2) is 9.97 Å². The summed E-state index contributed by atoms with van der Waals surface area (Å²) in [4.78, 5) is 8.80. The summed E-state index contributed by atoms with van der Waals surface area (Å²) in [7, 11) is 0. The second-order valence-corrected chi connectivity index (χ2v) is 6.04. The largest absolute Gasteiger partial charge is 0.340 e. The number of aryl methyl sites for hydroxylation is 1. The van der Waals surface area contributed by atoms with Gasteiger partial charge in [0.15, 0.2) is 0 Å². The lowest BCUT2D eigenvalue weighted by Gasteiger charge is -2.09. The lowest BCUT2D eigenvalue weighted by Crippen LogP contribution is -1.99. The van der Waals surface area contributed by atoms with Gasteiger partial charge in [-0.25, -0.2) is 9.97 Å². The van der Waals surface area contributed by atoms with Crippen LogP contribution in [0.1, 0.15) is 30.1 Å². The van der Waals surface area contributed by atoms with Crippen LogP contribution >= 0.6 is 27.5 Å². The number of halogens is 2. The summed E-state index contributed by atoms with van der Waals surface area (Å²) in [6.45, 7) is 2.05. The monoisotopic (exact) mass is 337 g/mol. The van der Waals surface area contributed by atoms with Crippen molar-refractivity contribution in [1.29, 1.82) is 0 Å². The minimum Gasteiger partial charge on any atom is -0.340 e. The predicted molar refractivity (Wildman–Crippen MR) is 81.2 cm³/mol. The highest BCUT2D eigenvalue weighted by Gasteiger charge is 2.27. The molecule has 1 saturated carbocycles. The number of nitrogens with one attached hydrogen (secondary N) is 1. The number of nitrogens with zero attached hydrogens (tertiary/aromatic N) is 2. The van der Waals surface area contributed by atoms with E-state index >= 15 is 0 Å². The Kier molecular flexibility index (Phi) is 3.46. The highest BCUT2D eigenvalue weighted by molar-refractivity contribution is 9.10. The molecule has 1 heterocycles. The first-order valence-electron chi connectivity index (χ1n) is 6.19. The predicted octanol–water partition coefficient (Wildman–Crippen LogP) is 4.82. The molecule has 0 aliphatic heterocycles. The third-order valence-corrected chi connectivity index (χ3v) is 4.17. The van der Waals surface area contributed by atoms with Crippen molar-refractivity contribution in [2.24, 2.45) is 0 Å². The van der Waals surface area contributed by atoms with E-state index in [1.807, 2.05) is 12.1 Å². The van der Waals surface area contributed by atoms with E-state index in [0.717, 1.165) is 34.6 Å². The first-order valence-corrected chi connectivity index (χ1v) is 7.36. The summed E-state index contributed by atoms with van der Waals surface area (Å²) in [5, 5.41) is 3.77. The van der Waals surface area contributed by atoms with E-state index in [-0.39, 0.29) is 0 Å². The van der Waals surface area contributed by atoms with Crippen LogP contribution < -0.4 is 5.32 Å². The Bertz CT molecular complexity index is 626. The quantitative estimate of drug-likeness (QED) is 0.815. The van der Waals surface area contributed by atoms with Crippen LogP contribution in [0.25, 0.3) is 0 Å². The SMILES string of the molecule is Cc1cc(Nc2cc(Cl)nc(C3CC3)n2)ccc1Br. The second-order valence-electron chi connectivity index (χ2n) is 4.80. The molecule has 0 saturated heterocycles. The number of rotatable bonds is 3. The van der Waals surface area contributed by atoms with Crippen LogP contribution in [0.3, 0.4) is 0 Å². The molecule has 98 valence electrons. The second kappa shape index (κ2) is 5.10. The molecule has 0 amide bonds. The van der Waals surface area contributed by atoms with Crippen molar-refractivity contribution in [1.82, 2.24) is 9.97 Å². The van der Waals surface area contributed by atoms with Gasteiger partial charge >= 0.3 is 0 Å². The normalized spacial score (nSPS) is 14.5. The molecule has 1 aromatic heterocycles. The van der Waals surface area contributed by atoms with Crippen LogP contribution in [-0.2, 0) is 0 Å². The molecule has 0 bridgehead atoms. The molecule has 3 rings (SSSR count). The van der Waals surface area contributed by atoms with Crippen molar-refractivity contribution in [2.45, 2.75) is 25.7 Å². The Labute approximate surface area is 125 Å². The standard InChI is InChI=1S/C14H13BrClN3/c1-8-6-10(4-5-11(8)15)17-13-7-12(16)18-14(19-13)9-2-3-9/h4-7,9H,2-3H2,1H3,(H,17,18,19). The molecular weight excluding hydrogens is 326 g/mol. The third kappa shape index (κ3) is 3.07. The van der Waals surface area contributed by atoms with Crippen molar-refractivity contribution < 1.29 is 0 Å². The van der Waals surface area contributed by atoms with Gasteiger partial charge in [-0.1, -0.05) is 27.5 Å². The van der Waals surface area contributed by atoms with Gasteiger partial charge in [-0.2, -0.15) is 0 Å². The molecule has 0 radical (unpaired) electrons. The highest BCUT2D eigenvalue weighted by atomic mass is 79.9. The van der Waals surface area contributed by atoms with Crippen LogP contribution in [0.15, 0.2) is 28.7 Å². The lowest BCUT2D eigenvalue weighted by atomic mass is 10.2. The summed E-state index contributed by atoms with van der Waals surface area (Å²) in [5.74, 6) is 2.10. The summed E-state index contributed by atoms with van der Waals surface area (Å²) in [6, 6.07) is 7.84. The Morgan fingerprint density at radius 3 is 2.74 bits per heavy atom. The summed E-state index contributed by atoms with van der Waals surface area (Å²) < 4.78 is 1.09. The van der Waals surface area contributed by atoms with Crippen molar-refractivity contribution in [2.75, 3.05) is 5.32 Å². The smallest absolute Gasteiger partial charge is 0.135 e. The molecule has 0 atom stereocenters. The zero-order chi connectivity index (χ0) is 13.4. The maximum atomic E-state index is 6.05. The fourth-order valence-electron chi connectivity index (χ4n) is 1.89. The molecule has 2 aromatic rings. The topological polar surface area (TPSA) is 37.8 Å². The molecule has 1 aromatic carbocycles. The minimum atomic E-state index is 0.492. The zero-order valence-electron chi connectivity index (χ0n) is 10.5. The molecule has 1 aliphatic carbocycles. The van der Waals surface area contributed by atoms with Crippen molar-refractivity contribution in [3.8, 4) is 0 Å². The molecule has 3 nitrogen and oxygen atoms in total. The summed E-state index contributed by atoms with van der Waals surface area (Å²) >= 11 is 9.54. The van der Waals surface area contributed by atoms with Crippen LogP contribution in [0.2, 0.25) is 5.15 Å². The van der Waals surface area contributed by atoms with Gasteiger partial charge in [-0.05, 0) is 43.5 Å². The van der Waals surface area contributed by atoms with Crippen LogP contribution in [0, 0.1) is 6.92 Å². The van der Waals surface area contributed by atoms with Gasteiger partial charge in [0.05, 0.1) is 0 Å². The first-order chi connectivity index (χ1) is 9.11. The van der Waals surface area contributed by atoms with Gasteiger partial charge in [0.1, 0.15) is 16.8 Å². The van der Waals surface area contributed by atoms with Crippen molar-refractivity contribution >= 4 is 39.0 Å². The Morgan fingerprint density at radius 2 is 2.05 bits per heavy atom. The van der Waals surface area contributed by atoms with Gasteiger partial charge in [0.2, 0.25) is 0 Å². The highest BCUT2D eigenvalue weighted by Crippen LogP contribution is 2.39. The Balaban J connectivity index is 1.87. The number of aromatic nitrogens is 2. The van der Waals surface area contributed by atoms with Gasteiger partial charge in [0, 0.05) is 22.1 Å². The number of benzene rings is 1.